The summed E-state index contributed by atoms with van der Waals surface area (Å²) in [6.45, 7) is 0.971. The molecule has 0 atom stereocenters. The summed E-state index contributed by atoms with van der Waals surface area (Å²) in [4.78, 5) is 20.7. The Hall–Kier alpha value is -2.35. The predicted octanol–water partition coefficient (Wildman–Crippen LogP) is 2.21. The van der Waals surface area contributed by atoms with Gasteiger partial charge in [-0.1, -0.05) is 42.1 Å². The molecule has 0 saturated carbocycles. The molecule has 0 heterocycles. The van der Waals surface area contributed by atoms with Gasteiger partial charge in [-0.25, -0.2) is 9.59 Å². The van der Waals surface area contributed by atoms with Crippen molar-refractivity contribution < 1.29 is 24.9 Å². The monoisotopic (exact) mass is 349 g/mol. The molecule has 0 saturated heterocycles. The minimum Gasteiger partial charge on any atom is -0.473 e. The van der Waals surface area contributed by atoms with Crippen LogP contribution in [-0.4, -0.2) is 34.3 Å². The lowest BCUT2D eigenvalue weighted by Crippen LogP contribution is -2.09. The van der Waals surface area contributed by atoms with E-state index in [1.54, 1.807) is 11.8 Å². The van der Waals surface area contributed by atoms with Crippen LogP contribution in [0.4, 0.5) is 0 Å². The van der Waals surface area contributed by atoms with Crippen LogP contribution < -0.4 is 5.32 Å². The Morgan fingerprint density at radius 1 is 1.00 bits per heavy atom. The van der Waals surface area contributed by atoms with Crippen molar-refractivity contribution >= 4 is 23.7 Å². The van der Waals surface area contributed by atoms with Crippen molar-refractivity contribution in [2.75, 3.05) is 7.05 Å². The maximum atomic E-state index is 9.10. The van der Waals surface area contributed by atoms with Crippen LogP contribution in [0.2, 0.25) is 0 Å². The van der Waals surface area contributed by atoms with Crippen molar-refractivity contribution in [2.24, 2.45) is 0 Å². The summed E-state index contributed by atoms with van der Waals surface area (Å²) in [5.74, 6) is -3.65. The molecule has 2 aromatic rings. The lowest BCUT2D eigenvalue weighted by Gasteiger charge is -2.08. The molecule has 2 rings (SSSR count). The molecule has 0 aromatic heterocycles. The van der Waals surface area contributed by atoms with E-state index in [1.807, 2.05) is 31.3 Å². The standard InChI is InChI=1S/C15H17NOS.C2H2O4/c1-16-10-13-4-2-3-5-15(13)18-14-8-6-12(11-17)7-9-14;3-1(4)2(5)6/h2-9,16-17H,10-11H2,1H3;(H,3,4)(H,5,6). The molecule has 0 radical (unpaired) electrons. The molecule has 6 nitrogen and oxygen atoms in total. The number of aliphatic hydroxyl groups excluding tert-OH is 1. The molecule has 0 aliphatic rings. The van der Waals surface area contributed by atoms with E-state index in [0.29, 0.717) is 0 Å². The minimum absolute atomic E-state index is 0.0985. The highest BCUT2D eigenvalue weighted by Crippen LogP contribution is 2.30. The van der Waals surface area contributed by atoms with Crippen molar-refractivity contribution in [1.82, 2.24) is 5.32 Å². The number of benzene rings is 2. The van der Waals surface area contributed by atoms with Crippen molar-refractivity contribution in [2.45, 2.75) is 22.9 Å². The van der Waals surface area contributed by atoms with E-state index in [1.165, 1.54) is 15.4 Å². The Balaban J connectivity index is 0.000000413. The van der Waals surface area contributed by atoms with Crippen LogP contribution in [0.15, 0.2) is 58.3 Å². The Morgan fingerprint density at radius 2 is 1.58 bits per heavy atom. The van der Waals surface area contributed by atoms with Gasteiger partial charge in [0, 0.05) is 16.3 Å². The molecule has 0 amide bonds. The van der Waals surface area contributed by atoms with Gasteiger partial charge in [-0.15, -0.1) is 0 Å². The van der Waals surface area contributed by atoms with E-state index in [9.17, 15) is 0 Å². The first kappa shape index (κ1) is 19.7. The highest BCUT2D eigenvalue weighted by molar-refractivity contribution is 7.99. The molecule has 0 aliphatic carbocycles. The third kappa shape index (κ3) is 6.82. The van der Waals surface area contributed by atoms with E-state index in [-0.39, 0.29) is 6.61 Å². The molecule has 0 spiro atoms. The maximum absolute atomic E-state index is 9.10. The summed E-state index contributed by atoms with van der Waals surface area (Å²) in [5, 5.41) is 27.0. The highest BCUT2D eigenvalue weighted by atomic mass is 32.2. The van der Waals surface area contributed by atoms with Crippen LogP contribution in [0.5, 0.6) is 0 Å². The third-order valence-electron chi connectivity index (χ3n) is 2.86. The number of hydrogen-bond donors (Lipinski definition) is 4. The van der Waals surface area contributed by atoms with Crippen molar-refractivity contribution in [3.8, 4) is 0 Å². The first-order valence-corrected chi connectivity index (χ1v) is 7.86. The summed E-state index contributed by atoms with van der Waals surface area (Å²) in [5.41, 5.74) is 2.25. The third-order valence-corrected chi connectivity index (χ3v) is 3.98. The number of aliphatic hydroxyl groups is 1. The quantitative estimate of drug-likeness (QED) is 0.613. The molecule has 0 unspecified atom stereocenters. The largest absolute Gasteiger partial charge is 0.473 e. The molecule has 128 valence electrons. The smallest absolute Gasteiger partial charge is 0.414 e. The fraction of sp³-hybridized carbons (Fsp3) is 0.176. The number of carbonyl (C=O) groups is 2. The number of aliphatic carboxylic acids is 2. The summed E-state index contributed by atoms with van der Waals surface area (Å²) in [6, 6.07) is 16.4. The van der Waals surface area contributed by atoms with Gasteiger partial charge in [-0.05, 0) is 36.4 Å². The highest BCUT2D eigenvalue weighted by Gasteiger charge is 2.04. The lowest BCUT2D eigenvalue weighted by molar-refractivity contribution is -0.159. The average Bonchev–Trinajstić information content (AvgIpc) is 2.58. The van der Waals surface area contributed by atoms with Crippen LogP contribution in [0.3, 0.4) is 0 Å². The minimum atomic E-state index is -1.82. The second-order valence-electron chi connectivity index (χ2n) is 4.65. The van der Waals surface area contributed by atoms with Gasteiger partial charge >= 0.3 is 11.9 Å². The fourth-order valence-corrected chi connectivity index (χ4v) is 2.67. The molecule has 7 heteroatoms. The van der Waals surface area contributed by atoms with Crippen LogP contribution in [0, 0.1) is 0 Å². The zero-order valence-corrected chi connectivity index (χ0v) is 13.9. The second kappa shape index (κ2) is 10.4. The van der Waals surface area contributed by atoms with Crippen LogP contribution in [-0.2, 0) is 22.7 Å². The zero-order valence-electron chi connectivity index (χ0n) is 13.1. The maximum Gasteiger partial charge on any atom is 0.414 e. The zero-order chi connectivity index (χ0) is 17.9. The van der Waals surface area contributed by atoms with Gasteiger partial charge in [0.1, 0.15) is 0 Å². The topological polar surface area (TPSA) is 107 Å². The van der Waals surface area contributed by atoms with E-state index >= 15 is 0 Å². The van der Waals surface area contributed by atoms with Gasteiger partial charge in [-0.2, -0.15) is 0 Å². The fourth-order valence-electron chi connectivity index (χ4n) is 1.73. The van der Waals surface area contributed by atoms with Crippen molar-refractivity contribution in [1.29, 1.82) is 0 Å². The summed E-state index contributed by atoms with van der Waals surface area (Å²) >= 11 is 1.75. The van der Waals surface area contributed by atoms with Gasteiger partial charge in [0.05, 0.1) is 6.61 Å². The SMILES string of the molecule is CNCc1ccccc1Sc1ccc(CO)cc1.O=C(O)C(=O)O. The van der Waals surface area contributed by atoms with Gasteiger partial charge < -0.3 is 20.6 Å². The van der Waals surface area contributed by atoms with Crippen LogP contribution in [0.25, 0.3) is 0 Å². The molecule has 0 aliphatic heterocycles. The summed E-state index contributed by atoms with van der Waals surface area (Å²) in [6.07, 6.45) is 0. The molecular formula is C17H19NO5S. The van der Waals surface area contributed by atoms with E-state index in [2.05, 4.69) is 29.6 Å². The van der Waals surface area contributed by atoms with Crippen molar-refractivity contribution in [3.05, 3.63) is 59.7 Å². The van der Waals surface area contributed by atoms with Gasteiger partial charge in [0.2, 0.25) is 0 Å². The molecule has 0 bridgehead atoms. The number of carboxylic acid groups (broad SMARTS) is 2. The second-order valence-corrected chi connectivity index (χ2v) is 5.77. The van der Waals surface area contributed by atoms with Crippen LogP contribution in [0.1, 0.15) is 11.1 Å². The van der Waals surface area contributed by atoms with Gasteiger partial charge in [-0.3, -0.25) is 0 Å². The van der Waals surface area contributed by atoms with Gasteiger partial charge in [0.25, 0.3) is 0 Å². The number of hydrogen-bond acceptors (Lipinski definition) is 5. The Bertz CT molecular complexity index is 661. The Morgan fingerprint density at radius 3 is 2.08 bits per heavy atom. The Kier molecular flexibility index (Phi) is 8.56. The molecule has 24 heavy (non-hydrogen) atoms. The van der Waals surface area contributed by atoms with E-state index < -0.39 is 11.9 Å². The number of carboxylic acids is 2. The first-order chi connectivity index (χ1) is 11.5. The number of rotatable bonds is 5. The van der Waals surface area contributed by atoms with E-state index in [4.69, 9.17) is 24.9 Å². The lowest BCUT2D eigenvalue weighted by atomic mass is 10.2. The van der Waals surface area contributed by atoms with E-state index in [0.717, 1.165) is 12.1 Å². The summed E-state index contributed by atoms with van der Waals surface area (Å²) in [7, 11) is 1.96. The molecule has 2 aromatic carbocycles. The normalized spacial score (nSPS) is 9.75. The van der Waals surface area contributed by atoms with Gasteiger partial charge in [0.15, 0.2) is 0 Å². The summed E-state index contributed by atoms with van der Waals surface area (Å²) < 4.78 is 0. The molecule has 0 fully saturated rings. The molecule has 4 N–H and O–H groups in total. The predicted molar refractivity (Wildman–Crippen MR) is 91.0 cm³/mol. The average molecular weight is 349 g/mol. The molecular weight excluding hydrogens is 330 g/mol. The van der Waals surface area contributed by atoms with Crippen molar-refractivity contribution in [3.63, 3.8) is 0 Å². The van der Waals surface area contributed by atoms with Crippen LogP contribution >= 0.6 is 11.8 Å². The first-order valence-electron chi connectivity index (χ1n) is 7.04. The Labute approximate surface area is 144 Å². The number of nitrogens with one attached hydrogen (secondary N) is 1.